The maximum absolute atomic E-state index is 12.1. The Morgan fingerprint density at radius 1 is 1.10 bits per heavy atom. The van der Waals surface area contributed by atoms with Gasteiger partial charge < -0.3 is 9.64 Å². The topological polar surface area (TPSA) is 29.5 Å². The monoisotopic (exact) mass is 323 g/mol. The van der Waals surface area contributed by atoms with Crippen molar-refractivity contribution < 1.29 is 9.53 Å². The summed E-state index contributed by atoms with van der Waals surface area (Å²) in [6, 6.07) is 9.25. The average Bonchev–Trinajstić information content (AvgIpc) is 3.01. The van der Waals surface area contributed by atoms with Crippen molar-refractivity contribution in [2.75, 3.05) is 19.7 Å². The lowest BCUT2D eigenvalue weighted by atomic mass is 10.1. The molecule has 1 aliphatic heterocycles. The molecule has 0 spiro atoms. The normalized spacial score (nSPS) is 14.7. The van der Waals surface area contributed by atoms with E-state index in [9.17, 15) is 4.79 Å². The lowest BCUT2D eigenvalue weighted by molar-refractivity contribution is -0.132. The Morgan fingerprint density at radius 2 is 1.76 bits per heavy atom. The number of hydrogen-bond acceptors (Lipinski definition) is 2. The van der Waals surface area contributed by atoms with Crippen molar-refractivity contribution in [3.05, 3.63) is 40.4 Å². The minimum absolute atomic E-state index is 0.00241. The van der Waals surface area contributed by atoms with E-state index in [1.54, 1.807) is 6.07 Å². The zero-order valence-electron chi connectivity index (χ0n) is 11.4. The van der Waals surface area contributed by atoms with Gasteiger partial charge in [0.25, 0.3) is 5.91 Å². The first-order chi connectivity index (χ1) is 10.2. The van der Waals surface area contributed by atoms with Crippen LogP contribution in [0.2, 0.25) is 10.0 Å². The van der Waals surface area contributed by atoms with E-state index in [1.165, 1.54) is 0 Å². The molecule has 2 aromatic rings. The fourth-order valence-corrected chi connectivity index (χ4v) is 3.21. The van der Waals surface area contributed by atoms with Gasteiger partial charge in [-0.05, 0) is 18.9 Å². The van der Waals surface area contributed by atoms with Gasteiger partial charge in [-0.15, -0.1) is 0 Å². The molecule has 1 aliphatic rings. The second-order valence-electron chi connectivity index (χ2n) is 5.09. The van der Waals surface area contributed by atoms with Gasteiger partial charge in [-0.2, -0.15) is 0 Å². The van der Waals surface area contributed by atoms with Gasteiger partial charge >= 0.3 is 0 Å². The summed E-state index contributed by atoms with van der Waals surface area (Å²) < 4.78 is 5.70. The predicted molar refractivity (Wildman–Crippen MR) is 85.3 cm³/mol. The van der Waals surface area contributed by atoms with Crippen molar-refractivity contribution in [2.24, 2.45) is 0 Å². The summed E-state index contributed by atoms with van der Waals surface area (Å²) in [5, 5.41) is 2.69. The molecule has 3 nitrogen and oxygen atoms in total. The second kappa shape index (κ2) is 6.12. The van der Waals surface area contributed by atoms with E-state index in [4.69, 9.17) is 27.9 Å². The second-order valence-corrected chi connectivity index (χ2v) is 5.91. The molecule has 5 heteroatoms. The number of amides is 1. The lowest BCUT2D eigenvalue weighted by Crippen LogP contribution is -2.32. The molecular formula is C16H15Cl2NO2. The largest absolute Gasteiger partial charge is 0.482 e. The summed E-state index contributed by atoms with van der Waals surface area (Å²) in [5.74, 6) is 0.520. The summed E-state index contributed by atoms with van der Waals surface area (Å²) in [5.41, 5.74) is 0. The number of fused-ring (bicyclic) bond motifs is 1. The minimum atomic E-state index is 0.00241. The molecule has 1 saturated heterocycles. The summed E-state index contributed by atoms with van der Waals surface area (Å²) in [4.78, 5) is 13.9. The summed E-state index contributed by atoms with van der Waals surface area (Å²) >= 11 is 12.4. The smallest absolute Gasteiger partial charge is 0.260 e. The van der Waals surface area contributed by atoms with Crippen LogP contribution in [0.15, 0.2) is 30.3 Å². The van der Waals surface area contributed by atoms with E-state index in [0.29, 0.717) is 15.8 Å². The summed E-state index contributed by atoms with van der Waals surface area (Å²) in [6.45, 7) is 1.64. The van der Waals surface area contributed by atoms with E-state index in [-0.39, 0.29) is 12.5 Å². The first-order valence-electron chi connectivity index (χ1n) is 6.94. The standard InChI is InChI=1S/C16H15Cl2NO2/c17-13-9-14(18)16(12-6-2-1-5-11(12)13)21-10-15(20)19-7-3-4-8-19/h1-2,5-6,9H,3-4,7-8,10H2. The van der Waals surface area contributed by atoms with Gasteiger partial charge in [0.2, 0.25) is 0 Å². The van der Waals surface area contributed by atoms with E-state index in [0.717, 1.165) is 36.7 Å². The van der Waals surface area contributed by atoms with E-state index in [2.05, 4.69) is 0 Å². The molecule has 0 saturated carbocycles. The van der Waals surface area contributed by atoms with Crippen LogP contribution in [0.1, 0.15) is 12.8 Å². The number of halogens is 2. The molecule has 0 unspecified atom stereocenters. The SMILES string of the molecule is O=C(COc1c(Cl)cc(Cl)c2ccccc12)N1CCCC1. The fraction of sp³-hybridized carbons (Fsp3) is 0.312. The molecule has 110 valence electrons. The highest BCUT2D eigenvalue weighted by Gasteiger charge is 2.19. The van der Waals surface area contributed by atoms with Crippen LogP contribution in [0.5, 0.6) is 5.75 Å². The molecular weight excluding hydrogens is 309 g/mol. The molecule has 0 radical (unpaired) electrons. The van der Waals surface area contributed by atoms with Crippen LogP contribution in [-0.2, 0) is 4.79 Å². The Bertz CT molecular complexity index is 681. The third-order valence-electron chi connectivity index (χ3n) is 3.70. The number of benzene rings is 2. The minimum Gasteiger partial charge on any atom is -0.482 e. The third-order valence-corrected chi connectivity index (χ3v) is 4.29. The van der Waals surface area contributed by atoms with Gasteiger partial charge in [0, 0.05) is 23.9 Å². The van der Waals surface area contributed by atoms with Crippen molar-refractivity contribution in [3.63, 3.8) is 0 Å². The quantitative estimate of drug-likeness (QED) is 0.849. The molecule has 2 aromatic carbocycles. The molecule has 1 amide bonds. The highest BCUT2D eigenvalue weighted by molar-refractivity contribution is 6.39. The molecule has 0 atom stereocenters. The maximum Gasteiger partial charge on any atom is 0.260 e. The van der Waals surface area contributed by atoms with Crippen LogP contribution in [0, 0.1) is 0 Å². The third kappa shape index (κ3) is 2.94. The Labute approximate surface area is 133 Å². The zero-order valence-corrected chi connectivity index (χ0v) is 13.0. The number of hydrogen-bond donors (Lipinski definition) is 0. The molecule has 1 fully saturated rings. The Morgan fingerprint density at radius 3 is 2.48 bits per heavy atom. The molecule has 0 aromatic heterocycles. The van der Waals surface area contributed by atoms with Crippen LogP contribution < -0.4 is 4.74 Å². The van der Waals surface area contributed by atoms with Crippen LogP contribution in [0.4, 0.5) is 0 Å². The summed E-state index contributed by atoms with van der Waals surface area (Å²) in [7, 11) is 0. The highest BCUT2D eigenvalue weighted by Crippen LogP contribution is 2.38. The average molecular weight is 324 g/mol. The first-order valence-corrected chi connectivity index (χ1v) is 7.70. The van der Waals surface area contributed by atoms with Gasteiger partial charge in [-0.3, -0.25) is 4.79 Å². The van der Waals surface area contributed by atoms with Gasteiger partial charge in [0.15, 0.2) is 6.61 Å². The molecule has 1 heterocycles. The number of nitrogens with zero attached hydrogens (tertiary/aromatic N) is 1. The molecule has 0 N–H and O–H groups in total. The van der Waals surface area contributed by atoms with E-state index >= 15 is 0 Å². The molecule has 3 rings (SSSR count). The summed E-state index contributed by atoms with van der Waals surface area (Å²) in [6.07, 6.45) is 2.13. The van der Waals surface area contributed by atoms with Crippen molar-refractivity contribution in [1.29, 1.82) is 0 Å². The molecule has 0 aliphatic carbocycles. The van der Waals surface area contributed by atoms with Crippen molar-refractivity contribution in [3.8, 4) is 5.75 Å². The van der Waals surface area contributed by atoms with Crippen LogP contribution in [-0.4, -0.2) is 30.5 Å². The molecule has 21 heavy (non-hydrogen) atoms. The van der Waals surface area contributed by atoms with Gasteiger partial charge in [0.05, 0.1) is 10.0 Å². The maximum atomic E-state index is 12.1. The zero-order chi connectivity index (χ0) is 14.8. The number of likely N-dealkylation sites (tertiary alicyclic amines) is 1. The van der Waals surface area contributed by atoms with Crippen molar-refractivity contribution in [1.82, 2.24) is 4.90 Å². The number of carbonyl (C=O) groups is 1. The van der Waals surface area contributed by atoms with Crippen LogP contribution >= 0.6 is 23.2 Å². The lowest BCUT2D eigenvalue weighted by Gasteiger charge is -2.17. The van der Waals surface area contributed by atoms with Crippen molar-refractivity contribution in [2.45, 2.75) is 12.8 Å². The van der Waals surface area contributed by atoms with Gasteiger partial charge in [-0.1, -0.05) is 47.5 Å². The Balaban J connectivity index is 1.85. The highest BCUT2D eigenvalue weighted by atomic mass is 35.5. The number of carbonyl (C=O) groups excluding carboxylic acids is 1. The number of ether oxygens (including phenoxy) is 1. The fourth-order valence-electron chi connectivity index (χ4n) is 2.61. The first kappa shape index (κ1) is 14.5. The Kier molecular flexibility index (Phi) is 4.22. The van der Waals surface area contributed by atoms with Gasteiger partial charge in [0.1, 0.15) is 5.75 Å². The van der Waals surface area contributed by atoms with E-state index < -0.39 is 0 Å². The van der Waals surface area contributed by atoms with E-state index in [1.807, 2.05) is 29.2 Å². The van der Waals surface area contributed by atoms with Crippen LogP contribution in [0.3, 0.4) is 0 Å². The van der Waals surface area contributed by atoms with Crippen LogP contribution in [0.25, 0.3) is 10.8 Å². The Hall–Kier alpha value is -1.45. The van der Waals surface area contributed by atoms with Crippen molar-refractivity contribution >= 4 is 39.9 Å². The van der Waals surface area contributed by atoms with Gasteiger partial charge in [-0.25, -0.2) is 0 Å². The molecule has 0 bridgehead atoms. The predicted octanol–water partition coefficient (Wildman–Crippen LogP) is 4.15. The number of rotatable bonds is 3.